The number of hydrogen-bond donors (Lipinski definition) is 2. The molecule has 1 aliphatic rings. The molecule has 0 aliphatic carbocycles. The highest BCUT2D eigenvalue weighted by atomic mass is 16.2. The van der Waals surface area contributed by atoms with E-state index in [0.717, 1.165) is 44.5 Å². The number of carbonyl (C=O) groups excluding carboxylic acids is 1. The maximum absolute atomic E-state index is 12.2. The summed E-state index contributed by atoms with van der Waals surface area (Å²) in [5.74, 6) is 0.472. The highest BCUT2D eigenvalue weighted by Gasteiger charge is 2.27. The van der Waals surface area contributed by atoms with Gasteiger partial charge in [-0.25, -0.2) is 0 Å². The summed E-state index contributed by atoms with van der Waals surface area (Å²) >= 11 is 0. The average molecular weight is 250 g/mol. The van der Waals surface area contributed by atoms with E-state index in [-0.39, 0.29) is 11.9 Å². The van der Waals surface area contributed by atoms with E-state index in [1.165, 1.54) is 0 Å². The molecule has 3 N–H and O–H groups in total. The number of nitrogens with one attached hydrogen (secondary N) is 1. The zero-order valence-electron chi connectivity index (χ0n) is 10.9. The summed E-state index contributed by atoms with van der Waals surface area (Å²) < 4.78 is 0. The van der Waals surface area contributed by atoms with Gasteiger partial charge in [-0.2, -0.15) is 5.10 Å². The van der Waals surface area contributed by atoms with Crippen molar-refractivity contribution >= 4 is 5.91 Å². The van der Waals surface area contributed by atoms with E-state index in [1.54, 1.807) is 6.20 Å². The van der Waals surface area contributed by atoms with E-state index >= 15 is 0 Å². The van der Waals surface area contributed by atoms with Crippen LogP contribution in [0.4, 0.5) is 0 Å². The van der Waals surface area contributed by atoms with Crippen LogP contribution >= 0.6 is 0 Å². The highest BCUT2D eigenvalue weighted by Crippen LogP contribution is 2.25. The molecule has 0 radical (unpaired) electrons. The van der Waals surface area contributed by atoms with Gasteiger partial charge in [0.2, 0.25) is 5.91 Å². The Morgan fingerprint density at radius 3 is 3.22 bits per heavy atom. The van der Waals surface area contributed by atoms with Crippen LogP contribution < -0.4 is 5.73 Å². The lowest BCUT2D eigenvalue weighted by Gasteiger charge is -2.33. The molecule has 1 saturated heterocycles. The van der Waals surface area contributed by atoms with Gasteiger partial charge < -0.3 is 10.6 Å². The van der Waals surface area contributed by atoms with Crippen LogP contribution in [0.3, 0.4) is 0 Å². The van der Waals surface area contributed by atoms with Crippen LogP contribution in [-0.2, 0) is 4.79 Å². The number of nitrogens with zero attached hydrogens (tertiary/aromatic N) is 2. The van der Waals surface area contributed by atoms with Crippen LogP contribution in [-0.4, -0.2) is 40.1 Å². The maximum atomic E-state index is 12.2. The first-order valence-corrected chi connectivity index (χ1v) is 6.76. The summed E-state index contributed by atoms with van der Waals surface area (Å²) in [5.41, 5.74) is 7.03. The summed E-state index contributed by atoms with van der Waals surface area (Å²) in [7, 11) is 0. The largest absolute Gasteiger partial charge is 0.341 e. The number of piperidine rings is 1. The molecule has 2 heterocycles. The molecule has 0 saturated carbocycles. The predicted octanol–water partition coefficient (Wildman–Crippen LogP) is 1.24. The summed E-state index contributed by atoms with van der Waals surface area (Å²) in [6.07, 6.45) is 5.62. The van der Waals surface area contributed by atoms with Gasteiger partial charge in [-0.1, -0.05) is 13.3 Å². The standard InChI is InChI=1S/C13H22N4O/c1-2-4-11(14)13(18)17-8-3-5-10(9-17)12-6-7-15-16-12/h6-7,10-11H,2-5,8-9,14H2,1H3,(H,15,16)/t10?,11-/m1/s1. The molecule has 1 amide bonds. The van der Waals surface area contributed by atoms with Crippen LogP contribution in [0.15, 0.2) is 12.3 Å². The molecule has 18 heavy (non-hydrogen) atoms. The molecule has 0 bridgehead atoms. The minimum Gasteiger partial charge on any atom is -0.341 e. The number of amides is 1. The second-order valence-corrected chi connectivity index (χ2v) is 5.03. The minimum atomic E-state index is -0.337. The molecular formula is C13H22N4O. The number of hydrogen-bond acceptors (Lipinski definition) is 3. The van der Waals surface area contributed by atoms with Crippen LogP contribution in [0, 0.1) is 0 Å². The molecule has 100 valence electrons. The molecule has 1 aromatic heterocycles. The third kappa shape index (κ3) is 2.90. The molecule has 1 aliphatic heterocycles. The van der Waals surface area contributed by atoms with Gasteiger partial charge in [-0.15, -0.1) is 0 Å². The molecule has 1 fully saturated rings. The van der Waals surface area contributed by atoms with Gasteiger partial charge in [-0.05, 0) is 25.3 Å². The van der Waals surface area contributed by atoms with Crippen LogP contribution in [0.2, 0.25) is 0 Å². The molecular weight excluding hydrogens is 228 g/mol. The third-order valence-electron chi connectivity index (χ3n) is 3.61. The molecule has 5 nitrogen and oxygen atoms in total. The van der Waals surface area contributed by atoms with Gasteiger partial charge in [0.25, 0.3) is 0 Å². The lowest BCUT2D eigenvalue weighted by molar-refractivity contribution is -0.134. The Hall–Kier alpha value is -1.36. The predicted molar refractivity (Wildman–Crippen MR) is 70.0 cm³/mol. The van der Waals surface area contributed by atoms with Crippen molar-refractivity contribution in [1.29, 1.82) is 0 Å². The zero-order valence-corrected chi connectivity index (χ0v) is 10.9. The molecule has 2 atom stereocenters. The van der Waals surface area contributed by atoms with Crippen LogP contribution in [0.25, 0.3) is 0 Å². The molecule has 1 aromatic rings. The van der Waals surface area contributed by atoms with Gasteiger partial charge >= 0.3 is 0 Å². The van der Waals surface area contributed by atoms with Crippen molar-refractivity contribution in [3.63, 3.8) is 0 Å². The van der Waals surface area contributed by atoms with Gasteiger partial charge in [0, 0.05) is 30.9 Å². The van der Waals surface area contributed by atoms with Gasteiger partial charge in [0.15, 0.2) is 0 Å². The summed E-state index contributed by atoms with van der Waals surface area (Å²) in [4.78, 5) is 14.1. The summed E-state index contributed by atoms with van der Waals surface area (Å²) in [6, 6.07) is 1.65. The fourth-order valence-corrected chi connectivity index (χ4v) is 2.59. The van der Waals surface area contributed by atoms with Gasteiger partial charge in [0.05, 0.1) is 6.04 Å². The van der Waals surface area contributed by atoms with E-state index in [9.17, 15) is 4.79 Å². The van der Waals surface area contributed by atoms with Crippen molar-refractivity contribution in [2.75, 3.05) is 13.1 Å². The first kappa shape index (κ1) is 13.1. The number of aromatic nitrogens is 2. The van der Waals surface area contributed by atoms with E-state index in [2.05, 4.69) is 17.1 Å². The smallest absolute Gasteiger partial charge is 0.239 e. The number of aromatic amines is 1. The number of rotatable bonds is 4. The molecule has 0 aromatic carbocycles. The molecule has 0 spiro atoms. The Morgan fingerprint density at radius 1 is 1.72 bits per heavy atom. The maximum Gasteiger partial charge on any atom is 0.239 e. The Labute approximate surface area is 108 Å². The number of H-pyrrole nitrogens is 1. The second-order valence-electron chi connectivity index (χ2n) is 5.03. The van der Waals surface area contributed by atoms with E-state index < -0.39 is 0 Å². The molecule has 2 rings (SSSR count). The van der Waals surface area contributed by atoms with Crippen LogP contribution in [0.1, 0.15) is 44.2 Å². The number of likely N-dealkylation sites (tertiary alicyclic amines) is 1. The average Bonchev–Trinajstić information content (AvgIpc) is 2.92. The zero-order chi connectivity index (χ0) is 13.0. The Morgan fingerprint density at radius 2 is 2.56 bits per heavy atom. The second kappa shape index (κ2) is 6.00. The fraction of sp³-hybridized carbons (Fsp3) is 0.692. The Balaban J connectivity index is 1.96. The lowest BCUT2D eigenvalue weighted by atomic mass is 9.94. The van der Waals surface area contributed by atoms with E-state index in [0.29, 0.717) is 5.92 Å². The van der Waals surface area contributed by atoms with Gasteiger partial charge in [0.1, 0.15) is 0 Å². The normalized spacial score (nSPS) is 21.9. The highest BCUT2D eigenvalue weighted by molar-refractivity contribution is 5.81. The summed E-state index contributed by atoms with van der Waals surface area (Å²) in [6.45, 7) is 3.65. The van der Waals surface area contributed by atoms with Crippen molar-refractivity contribution < 1.29 is 4.79 Å². The fourth-order valence-electron chi connectivity index (χ4n) is 2.59. The van der Waals surface area contributed by atoms with Crippen molar-refractivity contribution in [3.05, 3.63) is 18.0 Å². The quantitative estimate of drug-likeness (QED) is 0.844. The Bertz CT molecular complexity index is 376. The van der Waals surface area contributed by atoms with Crippen molar-refractivity contribution in [3.8, 4) is 0 Å². The van der Waals surface area contributed by atoms with Gasteiger partial charge in [-0.3, -0.25) is 9.89 Å². The molecule has 1 unspecified atom stereocenters. The van der Waals surface area contributed by atoms with E-state index in [4.69, 9.17) is 5.73 Å². The van der Waals surface area contributed by atoms with E-state index in [1.807, 2.05) is 11.0 Å². The first-order chi connectivity index (χ1) is 8.72. The summed E-state index contributed by atoms with van der Waals surface area (Å²) in [5, 5.41) is 6.98. The van der Waals surface area contributed by atoms with Crippen molar-refractivity contribution in [2.45, 2.75) is 44.6 Å². The third-order valence-corrected chi connectivity index (χ3v) is 3.61. The Kier molecular flexibility index (Phi) is 4.36. The van der Waals surface area contributed by atoms with Crippen molar-refractivity contribution in [1.82, 2.24) is 15.1 Å². The van der Waals surface area contributed by atoms with Crippen molar-refractivity contribution in [2.24, 2.45) is 5.73 Å². The lowest BCUT2D eigenvalue weighted by Crippen LogP contribution is -2.47. The SMILES string of the molecule is CCC[C@@H](N)C(=O)N1CCCC(c2ccn[nH]2)C1. The number of carbonyl (C=O) groups is 1. The molecule has 5 heteroatoms. The topological polar surface area (TPSA) is 75.0 Å². The number of nitrogens with two attached hydrogens (primary N) is 1. The first-order valence-electron chi connectivity index (χ1n) is 6.76. The monoisotopic (exact) mass is 250 g/mol. The minimum absolute atomic E-state index is 0.0982. The van der Waals surface area contributed by atoms with Crippen LogP contribution in [0.5, 0.6) is 0 Å².